The highest BCUT2D eigenvalue weighted by Gasteiger charge is 2.17. The zero-order chi connectivity index (χ0) is 16.4. The monoisotopic (exact) mass is 315 g/mol. The van der Waals surface area contributed by atoms with Gasteiger partial charge in [0.1, 0.15) is 11.6 Å². The minimum absolute atomic E-state index is 0.241. The fourth-order valence-corrected chi connectivity index (χ4v) is 3.09. The van der Waals surface area contributed by atoms with Crippen LogP contribution in [0.1, 0.15) is 52.9 Å². The molecule has 1 aliphatic carbocycles. The SMILES string of the molecule is C[C@H](NC(=O)c1ccc2c(c1)CCCC2)c1ccc(F)cc1F. The highest BCUT2D eigenvalue weighted by Crippen LogP contribution is 2.23. The predicted molar refractivity (Wildman–Crippen MR) is 85.3 cm³/mol. The third kappa shape index (κ3) is 3.41. The molecule has 2 nitrogen and oxygen atoms in total. The summed E-state index contributed by atoms with van der Waals surface area (Å²) in [7, 11) is 0. The Bertz CT molecular complexity index is 742. The van der Waals surface area contributed by atoms with Gasteiger partial charge in [0.15, 0.2) is 0 Å². The van der Waals surface area contributed by atoms with Crippen molar-refractivity contribution in [3.63, 3.8) is 0 Å². The van der Waals surface area contributed by atoms with Crippen molar-refractivity contribution in [1.29, 1.82) is 0 Å². The third-order valence-corrected chi connectivity index (χ3v) is 4.39. The molecule has 0 aliphatic heterocycles. The second kappa shape index (κ2) is 6.49. The number of fused-ring (bicyclic) bond motifs is 1. The highest BCUT2D eigenvalue weighted by atomic mass is 19.1. The lowest BCUT2D eigenvalue weighted by Crippen LogP contribution is -2.27. The van der Waals surface area contributed by atoms with Crippen molar-refractivity contribution in [2.75, 3.05) is 0 Å². The molecular formula is C19H19F2NO. The minimum Gasteiger partial charge on any atom is -0.345 e. The van der Waals surface area contributed by atoms with E-state index in [4.69, 9.17) is 0 Å². The topological polar surface area (TPSA) is 29.1 Å². The molecule has 3 rings (SSSR count). The van der Waals surface area contributed by atoms with E-state index in [0.29, 0.717) is 5.56 Å². The van der Waals surface area contributed by atoms with Gasteiger partial charge in [0.05, 0.1) is 6.04 Å². The van der Waals surface area contributed by atoms with Gasteiger partial charge in [-0.25, -0.2) is 8.78 Å². The number of carbonyl (C=O) groups is 1. The Balaban J connectivity index is 1.76. The number of amides is 1. The van der Waals surface area contributed by atoms with Gasteiger partial charge in [0.2, 0.25) is 0 Å². The number of hydrogen-bond acceptors (Lipinski definition) is 1. The first-order valence-corrected chi connectivity index (χ1v) is 7.92. The fraction of sp³-hybridized carbons (Fsp3) is 0.316. The summed E-state index contributed by atoms with van der Waals surface area (Å²) in [5, 5.41) is 2.78. The van der Waals surface area contributed by atoms with Crippen LogP contribution in [-0.4, -0.2) is 5.91 Å². The number of halogens is 2. The van der Waals surface area contributed by atoms with Gasteiger partial charge < -0.3 is 5.32 Å². The van der Waals surface area contributed by atoms with Gasteiger partial charge >= 0.3 is 0 Å². The van der Waals surface area contributed by atoms with Crippen molar-refractivity contribution >= 4 is 5.91 Å². The maximum atomic E-state index is 13.8. The largest absolute Gasteiger partial charge is 0.345 e. The molecule has 4 heteroatoms. The molecule has 23 heavy (non-hydrogen) atoms. The lowest BCUT2D eigenvalue weighted by atomic mass is 9.90. The fourth-order valence-electron chi connectivity index (χ4n) is 3.09. The average Bonchev–Trinajstić information content (AvgIpc) is 2.54. The minimum atomic E-state index is -0.650. The lowest BCUT2D eigenvalue weighted by Gasteiger charge is -2.18. The second-order valence-corrected chi connectivity index (χ2v) is 6.05. The summed E-state index contributed by atoms with van der Waals surface area (Å²) in [6.07, 6.45) is 4.40. The smallest absolute Gasteiger partial charge is 0.251 e. The predicted octanol–water partition coefficient (Wildman–Crippen LogP) is 4.33. The molecule has 0 radical (unpaired) electrons. The Kier molecular flexibility index (Phi) is 4.42. The van der Waals surface area contributed by atoms with E-state index in [-0.39, 0.29) is 11.5 Å². The summed E-state index contributed by atoms with van der Waals surface area (Å²) in [4.78, 5) is 12.4. The maximum Gasteiger partial charge on any atom is 0.251 e. The lowest BCUT2D eigenvalue weighted by molar-refractivity contribution is 0.0939. The molecule has 0 fully saturated rings. The Hall–Kier alpha value is -2.23. The van der Waals surface area contributed by atoms with Crippen LogP contribution in [0.2, 0.25) is 0 Å². The Labute approximate surface area is 134 Å². The molecule has 1 atom stereocenters. The second-order valence-electron chi connectivity index (χ2n) is 6.05. The zero-order valence-corrected chi connectivity index (χ0v) is 13.0. The number of benzene rings is 2. The molecule has 120 valence electrons. The van der Waals surface area contributed by atoms with E-state index < -0.39 is 17.7 Å². The van der Waals surface area contributed by atoms with Crippen LogP contribution in [0.5, 0.6) is 0 Å². The summed E-state index contributed by atoms with van der Waals surface area (Å²) in [6.45, 7) is 1.69. The van der Waals surface area contributed by atoms with E-state index in [1.165, 1.54) is 29.7 Å². The van der Waals surface area contributed by atoms with Gasteiger partial charge in [-0.05, 0) is 61.9 Å². The zero-order valence-electron chi connectivity index (χ0n) is 13.0. The van der Waals surface area contributed by atoms with Crippen LogP contribution in [0.15, 0.2) is 36.4 Å². The average molecular weight is 315 g/mol. The van der Waals surface area contributed by atoms with Crippen molar-refractivity contribution in [1.82, 2.24) is 5.32 Å². The molecule has 1 amide bonds. The van der Waals surface area contributed by atoms with Crippen molar-refractivity contribution in [2.45, 2.75) is 38.6 Å². The van der Waals surface area contributed by atoms with Crippen molar-refractivity contribution < 1.29 is 13.6 Å². The molecular weight excluding hydrogens is 296 g/mol. The third-order valence-electron chi connectivity index (χ3n) is 4.39. The van der Waals surface area contributed by atoms with E-state index in [2.05, 4.69) is 5.32 Å². The number of aryl methyl sites for hydroxylation is 2. The summed E-state index contributed by atoms with van der Waals surface area (Å²) >= 11 is 0. The van der Waals surface area contributed by atoms with Crippen molar-refractivity contribution in [2.24, 2.45) is 0 Å². The van der Waals surface area contributed by atoms with E-state index in [1.807, 2.05) is 18.2 Å². The van der Waals surface area contributed by atoms with E-state index >= 15 is 0 Å². The number of nitrogens with one attached hydrogen (secondary N) is 1. The number of carbonyl (C=O) groups excluding carboxylic acids is 1. The van der Waals surface area contributed by atoms with Gasteiger partial charge in [-0.3, -0.25) is 4.79 Å². The number of rotatable bonds is 3. The van der Waals surface area contributed by atoms with E-state index in [1.54, 1.807) is 6.92 Å². The van der Waals surface area contributed by atoms with Crippen molar-refractivity contribution in [3.8, 4) is 0 Å². The molecule has 0 aromatic heterocycles. The van der Waals surface area contributed by atoms with Gasteiger partial charge in [-0.2, -0.15) is 0 Å². The first-order valence-electron chi connectivity index (χ1n) is 7.92. The summed E-state index contributed by atoms with van der Waals surface area (Å²) in [5.74, 6) is -1.52. The van der Waals surface area contributed by atoms with Gasteiger partial charge in [-0.15, -0.1) is 0 Å². The molecule has 0 spiro atoms. The first kappa shape index (κ1) is 15.7. The molecule has 1 N–H and O–H groups in total. The Morgan fingerprint density at radius 3 is 2.52 bits per heavy atom. The van der Waals surface area contributed by atoms with Gasteiger partial charge in [0, 0.05) is 17.2 Å². The molecule has 0 bridgehead atoms. The van der Waals surface area contributed by atoms with Crippen LogP contribution in [0.4, 0.5) is 8.78 Å². The van der Waals surface area contributed by atoms with Gasteiger partial charge in [0.25, 0.3) is 5.91 Å². The summed E-state index contributed by atoms with van der Waals surface area (Å²) in [6, 6.07) is 8.61. The molecule has 0 unspecified atom stereocenters. The van der Waals surface area contributed by atoms with Crippen LogP contribution < -0.4 is 5.32 Å². The highest BCUT2D eigenvalue weighted by molar-refractivity contribution is 5.94. The van der Waals surface area contributed by atoms with E-state index in [9.17, 15) is 13.6 Å². The molecule has 0 heterocycles. The van der Waals surface area contributed by atoms with Gasteiger partial charge in [-0.1, -0.05) is 12.1 Å². The van der Waals surface area contributed by atoms with Crippen molar-refractivity contribution in [3.05, 3.63) is 70.3 Å². The van der Waals surface area contributed by atoms with Crippen LogP contribution in [0.25, 0.3) is 0 Å². The Morgan fingerprint density at radius 2 is 1.78 bits per heavy atom. The molecule has 0 saturated carbocycles. The standard InChI is InChI=1S/C19H19F2NO/c1-12(17-9-8-16(20)11-18(17)21)22-19(23)15-7-6-13-4-2-3-5-14(13)10-15/h6-12H,2-5H2,1H3,(H,22,23)/t12-/m0/s1. The Morgan fingerprint density at radius 1 is 1.04 bits per heavy atom. The maximum absolute atomic E-state index is 13.8. The normalized spacial score (nSPS) is 14.9. The summed E-state index contributed by atoms with van der Waals surface area (Å²) < 4.78 is 26.8. The first-order chi connectivity index (χ1) is 11.0. The molecule has 2 aromatic rings. The number of hydrogen-bond donors (Lipinski definition) is 1. The van der Waals surface area contributed by atoms with Crippen LogP contribution in [-0.2, 0) is 12.8 Å². The molecule has 2 aromatic carbocycles. The quantitative estimate of drug-likeness (QED) is 0.897. The van der Waals surface area contributed by atoms with E-state index in [0.717, 1.165) is 25.3 Å². The van der Waals surface area contributed by atoms with Crippen LogP contribution in [0, 0.1) is 11.6 Å². The van der Waals surface area contributed by atoms with Crippen LogP contribution in [0.3, 0.4) is 0 Å². The van der Waals surface area contributed by atoms with Crippen LogP contribution >= 0.6 is 0 Å². The molecule has 1 aliphatic rings. The molecule has 0 saturated heterocycles. The summed E-state index contributed by atoms with van der Waals surface area (Å²) in [5.41, 5.74) is 3.40.